The molecule has 0 radical (unpaired) electrons. The van der Waals surface area contributed by atoms with Gasteiger partial charge in [0.1, 0.15) is 0 Å². The van der Waals surface area contributed by atoms with Crippen LogP contribution in [0.3, 0.4) is 0 Å². The number of carbonyl (C=O) groups excluding carboxylic acids is 1. The largest absolute Gasteiger partial charge is 0.324 e. The number of fused-ring (bicyclic) bond motifs is 1. The van der Waals surface area contributed by atoms with Crippen LogP contribution in [0.25, 0.3) is 11.0 Å². The Balaban J connectivity index is 1.65. The number of amides is 1. The maximum Gasteiger partial charge on any atom is 0.234 e. The van der Waals surface area contributed by atoms with Crippen LogP contribution in [0, 0.1) is 0 Å². The first-order valence-corrected chi connectivity index (χ1v) is 8.43. The molecule has 0 unspecified atom stereocenters. The highest BCUT2D eigenvalue weighted by Gasteiger charge is 2.09. The van der Waals surface area contributed by atoms with E-state index in [0.29, 0.717) is 11.4 Å². The lowest BCUT2D eigenvalue weighted by atomic mass is 10.3. The smallest absolute Gasteiger partial charge is 0.234 e. The maximum absolute atomic E-state index is 12.1. The van der Waals surface area contributed by atoms with E-state index in [-0.39, 0.29) is 11.9 Å². The number of hydrogen-bond acceptors (Lipinski definition) is 4. The number of nitrogens with one attached hydrogen (secondary N) is 1. The number of aromatic nitrogens is 3. The summed E-state index contributed by atoms with van der Waals surface area (Å²) in [6.07, 6.45) is 3.45. The highest BCUT2D eigenvalue weighted by Crippen LogP contribution is 2.20. The summed E-state index contributed by atoms with van der Waals surface area (Å²) in [6, 6.07) is 12.0. The number of nitrogens with zero attached hydrogens (tertiary/aromatic N) is 3. The molecular weight excluding hydrogens is 308 g/mol. The van der Waals surface area contributed by atoms with Crippen molar-refractivity contribution >= 4 is 34.4 Å². The van der Waals surface area contributed by atoms with Gasteiger partial charge >= 0.3 is 0 Å². The summed E-state index contributed by atoms with van der Waals surface area (Å²) in [7, 11) is 0. The van der Waals surface area contributed by atoms with Crippen molar-refractivity contribution in [3.8, 4) is 0 Å². The van der Waals surface area contributed by atoms with E-state index in [1.165, 1.54) is 11.8 Å². The number of anilines is 1. The van der Waals surface area contributed by atoms with Crippen LogP contribution in [0.15, 0.2) is 53.7 Å². The minimum absolute atomic E-state index is 0.0451. The van der Waals surface area contributed by atoms with E-state index >= 15 is 0 Å². The Labute approximate surface area is 139 Å². The average molecular weight is 326 g/mol. The van der Waals surface area contributed by atoms with E-state index in [2.05, 4.69) is 29.2 Å². The fourth-order valence-electron chi connectivity index (χ4n) is 2.25. The summed E-state index contributed by atoms with van der Waals surface area (Å²) in [5.41, 5.74) is 1.52. The molecule has 5 nitrogen and oxygen atoms in total. The number of rotatable bonds is 5. The van der Waals surface area contributed by atoms with Crippen molar-refractivity contribution in [3.05, 3.63) is 48.8 Å². The summed E-state index contributed by atoms with van der Waals surface area (Å²) in [6.45, 7) is 4.12. The predicted octanol–water partition coefficient (Wildman–Crippen LogP) is 3.74. The first kappa shape index (κ1) is 15.6. The monoisotopic (exact) mass is 326 g/mol. The fourth-order valence-corrected chi connectivity index (χ4v) is 2.97. The molecule has 0 spiro atoms. The van der Waals surface area contributed by atoms with Gasteiger partial charge in [0.2, 0.25) is 5.91 Å². The number of benzene rings is 1. The molecule has 0 aliphatic heterocycles. The normalized spacial score (nSPS) is 11.1. The number of carbonyl (C=O) groups is 1. The number of hydrogen-bond donors (Lipinski definition) is 1. The van der Waals surface area contributed by atoms with Crippen LogP contribution in [0.5, 0.6) is 0 Å². The second-order valence-corrected chi connectivity index (χ2v) is 6.52. The van der Waals surface area contributed by atoms with Crippen molar-refractivity contribution < 1.29 is 4.79 Å². The Hall–Kier alpha value is -2.34. The van der Waals surface area contributed by atoms with Crippen LogP contribution in [0.2, 0.25) is 0 Å². The molecule has 1 N–H and O–H groups in total. The molecule has 1 aromatic carbocycles. The molecule has 23 heavy (non-hydrogen) atoms. The molecule has 1 amide bonds. The van der Waals surface area contributed by atoms with Gasteiger partial charge in [-0.1, -0.05) is 18.2 Å². The van der Waals surface area contributed by atoms with Crippen LogP contribution in [0.1, 0.15) is 19.9 Å². The number of pyridine rings is 1. The van der Waals surface area contributed by atoms with Crippen LogP contribution in [-0.4, -0.2) is 26.4 Å². The molecule has 3 aromatic rings. The summed E-state index contributed by atoms with van der Waals surface area (Å²) in [4.78, 5) is 17.5. The third-order valence-electron chi connectivity index (χ3n) is 3.32. The summed E-state index contributed by atoms with van der Waals surface area (Å²) < 4.78 is 1.87. The van der Waals surface area contributed by atoms with Gasteiger partial charge in [0.25, 0.3) is 0 Å². The van der Waals surface area contributed by atoms with Crippen molar-refractivity contribution in [2.24, 2.45) is 0 Å². The standard InChI is InChI=1S/C17H18N4OS/c1-12(2)21-17-13(9-19-21)8-14(10-18-17)20-16(22)11-23-15-6-4-3-5-7-15/h3-10,12H,11H2,1-2H3,(H,20,22). The molecule has 6 heteroatoms. The SMILES string of the molecule is CC(C)n1ncc2cc(NC(=O)CSc3ccccc3)cnc21. The molecule has 118 valence electrons. The summed E-state index contributed by atoms with van der Waals surface area (Å²) in [5.74, 6) is 0.323. The molecule has 2 aromatic heterocycles. The van der Waals surface area contributed by atoms with Gasteiger partial charge in [0, 0.05) is 16.3 Å². The van der Waals surface area contributed by atoms with Crippen molar-refractivity contribution in [2.45, 2.75) is 24.8 Å². The Morgan fingerprint density at radius 2 is 2.04 bits per heavy atom. The zero-order valence-corrected chi connectivity index (χ0v) is 13.9. The third kappa shape index (κ3) is 3.71. The van der Waals surface area contributed by atoms with E-state index in [1.54, 1.807) is 12.4 Å². The minimum Gasteiger partial charge on any atom is -0.324 e. The lowest BCUT2D eigenvalue weighted by Crippen LogP contribution is -2.14. The van der Waals surface area contributed by atoms with Crippen molar-refractivity contribution in [1.82, 2.24) is 14.8 Å². The van der Waals surface area contributed by atoms with E-state index in [4.69, 9.17) is 0 Å². The van der Waals surface area contributed by atoms with Crippen LogP contribution < -0.4 is 5.32 Å². The molecular formula is C17H18N4OS. The molecule has 0 aliphatic rings. The van der Waals surface area contributed by atoms with Crippen LogP contribution >= 0.6 is 11.8 Å². The Kier molecular flexibility index (Phi) is 4.62. The topological polar surface area (TPSA) is 59.8 Å². The van der Waals surface area contributed by atoms with Gasteiger partial charge in [-0.3, -0.25) is 4.79 Å². The van der Waals surface area contributed by atoms with Crippen molar-refractivity contribution in [3.63, 3.8) is 0 Å². The Morgan fingerprint density at radius 3 is 2.78 bits per heavy atom. The number of thioether (sulfide) groups is 1. The van der Waals surface area contributed by atoms with E-state index in [1.807, 2.05) is 41.1 Å². The molecule has 0 saturated carbocycles. The molecule has 2 heterocycles. The predicted molar refractivity (Wildman–Crippen MR) is 93.7 cm³/mol. The first-order valence-electron chi connectivity index (χ1n) is 7.44. The van der Waals surface area contributed by atoms with Gasteiger partial charge in [-0.05, 0) is 32.0 Å². The maximum atomic E-state index is 12.1. The highest BCUT2D eigenvalue weighted by molar-refractivity contribution is 8.00. The second-order valence-electron chi connectivity index (χ2n) is 5.47. The highest BCUT2D eigenvalue weighted by atomic mass is 32.2. The Morgan fingerprint density at radius 1 is 1.26 bits per heavy atom. The quantitative estimate of drug-likeness (QED) is 0.726. The summed E-state index contributed by atoms with van der Waals surface area (Å²) >= 11 is 1.51. The molecule has 0 fully saturated rings. The van der Waals surface area contributed by atoms with Gasteiger partial charge in [0.05, 0.1) is 23.8 Å². The van der Waals surface area contributed by atoms with Gasteiger partial charge in [-0.2, -0.15) is 5.10 Å². The lowest BCUT2D eigenvalue weighted by molar-refractivity contribution is -0.113. The van der Waals surface area contributed by atoms with Crippen molar-refractivity contribution in [1.29, 1.82) is 0 Å². The Bertz CT molecular complexity index is 814. The van der Waals surface area contributed by atoms with Gasteiger partial charge in [0.15, 0.2) is 5.65 Å². The van der Waals surface area contributed by atoms with Gasteiger partial charge in [-0.15, -0.1) is 11.8 Å². The molecule has 0 bridgehead atoms. The van der Waals surface area contributed by atoms with Gasteiger partial charge in [-0.25, -0.2) is 9.67 Å². The second kappa shape index (κ2) is 6.83. The molecule has 3 rings (SSSR count). The zero-order valence-electron chi connectivity index (χ0n) is 13.1. The van der Waals surface area contributed by atoms with Gasteiger partial charge < -0.3 is 5.32 Å². The molecule has 0 saturated heterocycles. The zero-order chi connectivity index (χ0) is 16.2. The molecule has 0 atom stereocenters. The fraction of sp³-hybridized carbons (Fsp3) is 0.235. The van der Waals surface area contributed by atoms with E-state index in [0.717, 1.165) is 15.9 Å². The molecule has 0 aliphatic carbocycles. The van der Waals surface area contributed by atoms with Crippen molar-refractivity contribution in [2.75, 3.05) is 11.1 Å². The van der Waals surface area contributed by atoms with Crippen LogP contribution in [0.4, 0.5) is 5.69 Å². The third-order valence-corrected chi connectivity index (χ3v) is 4.33. The summed E-state index contributed by atoms with van der Waals surface area (Å²) in [5, 5.41) is 8.14. The first-order chi connectivity index (χ1) is 11.1. The average Bonchev–Trinajstić information content (AvgIpc) is 2.97. The van der Waals surface area contributed by atoms with E-state index < -0.39 is 0 Å². The van der Waals surface area contributed by atoms with Crippen LogP contribution in [-0.2, 0) is 4.79 Å². The minimum atomic E-state index is -0.0451. The van der Waals surface area contributed by atoms with E-state index in [9.17, 15) is 4.79 Å². The lowest BCUT2D eigenvalue weighted by Gasteiger charge is -2.07.